The van der Waals surface area contributed by atoms with Crippen LogP contribution in [0.4, 0.5) is 0 Å². The second-order valence-electron chi connectivity index (χ2n) is 5.65. The summed E-state index contributed by atoms with van der Waals surface area (Å²) in [5.41, 5.74) is 0.103. The number of methoxy groups -OCH3 is 1. The Hall–Kier alpha value is -2.89. The maximum Gasteiger partial charge on any atom is 0.362 e. The molecule has 0 unspecified atom stereocenters. The first-order valence-corrected chi connectivity index (χ1v) is 8.65. The minimum Gasteiger partial charge on any atom is -0.493 e. The minimum atomic E-state index is -0.674. The molecule has 138 valence electrons. The number of carbonyl (C=O) groups excluding carboxylic acids is 2. The highest BCUT2D eigenvalue weighted by Crippen LogP contribution is 2.26. The fourth-order valence-corrected chi connectivity index (χ4v) is 2.28. The van der Waals surface area contributed by atoms with Crippen LogP contribution in [-0.2, 0) is 4.74 Å². The molecule has 0 atom stereocenters. The highest BCUT2D eigenvalue weighted by atomic mass is 16.6. The summed E-state index contributed by atoms with van der Waals surface area (Å²) in [7, 11) is 1.49. The molecule has 0 saturated carbocycles. The van der Waals surface area contributed by atoms with Crippen molar-refractivity contribution in [2.75, 3.05) is 13.7 Å². The normalized spacial score (nSPS) is 10.2. The first kappa shape index (κ1) is 19.4. The maximum absolute atomic E-state index is 12.3. The highest BCUT2D eigenvalue weighted by Gasteiger charge is 2.16. The third-order valence-corrected chi connectivity index (χ3v) is 3.67. The fraction of sp³-hybridized carbons (Fsp3) is 0.350. The van der Waals surface area contributed by atoms with Gasteiger partial charge in [-0.1, -0.05) is 44.4 Å². The van der Waals surface area contributed by atoms with Crippen LogP contribution in [0.2, 0.25) is 0 Å². The lowest BCUT2D eigenvalue weighted by molar-refractivity contribution is 0.0490. The molecule has 0 radical (unpaired) electrons. The Labute approximate surface area is 153 Å². The molecule has 2 rings (SSSR count). The van der Waals surface area contributed by atoms with Crippen LogP contribution in [0.15, 0.2) is 42.5 Å². The van der Waals surface area contributed by atoms with E-state index in [1.54, 1.807) is 30.3 Å². The average Bonchev–Trinajstić information content (AvgIpc) is 2.68. The molecule has 6 heteroatoms. The van der Waals surface area contributed by atoms with E-state index in [9.17, 15) is 9.59 Å². The van der Waals surface area contributed by atoms with Gasteiger partial charge < -0.3 is 14.2 Å². The van der Waals surface area contributed by atoms with Crippen LogP contribution in [0.1, 0.15) is 53.6 Å². The Morgan fingerprint density at radius 1 is 0.885 bits per heavy atom. The van der Waals surface area contributed by atoms with Crippen molar-refractivity contribution in [2.24, 2.45) is 0 Å². The van der Waals surface area contributed by atoms with Gasteiger partial charge in [0.15, 0.2) is 11.5 Å². The van der Waals surface area contributed by atoms with Crippen molar-refractivity contribution in [1.82, 2.24) is 4.98 Å². The third kappa shape index (κ3) is 5.58. The van der Waals surface area contributed by atoms with Gasteiger partial charge >= 0.3 is 11.9 Å². The van der Waals surface area contributed by atoms with Crippen LogP contribution in [-0.4, -0.2) is 30.6 Å². The Morgan fingerprint density at radius 2 is 1.58 bits per heavy atom. The van der Waals surface area contributed by atoms with Crippen LogP contribution < -0.4 is 9.47 Å². The lowest BCUT2D eigenvalue weighted by Gasteiger charge is -2.09. The van der Waals surface area contributed by atoms with Gasteiger partial charge in [0.1, 0.15) is 11.4 Å². The number of carbonyl (C=O) groups is 2. The van der Waals surface area contributed by atoms with E-state index in [4.69, 9.17) is 14.2 Å². The summed E-state index contributed by atoms with van der Waals surface area (Å²) < 4.78 is 15.6. The van der Waals surface area contributed by atoms with Crippen LogP contribution in [0.25, 0.3) is 0 Å². The molecule has 0 bridgehead atoms. The fourth-order valence-electron chi connectivity index (χ4n) is 2.28. The summed E-state index contributed by atoms with van der Waals surface area (Å²) in [4.78, 5) is 28.4. The molecular formula is C20H23NO5. The highest BCUT2D eigenvalue weighted by molar-refractivity contribution is 5.92. The monoisotopic (exact) mass is 357 g/mol. The van der Waals surface area contributed by atoms with E-state index >= 15 is 0 Å². The second kappa shape index (κ2) is 10.2. The molecule has 26 heavy (non-hydrogen) atoms. The lowest BCUT2D eigenvalue weighted by Crippen LogP contribution is -2.15. The Morgan fingerprint density at radius 3 is 2.27 bits per heavy atom. The van der Waals surface area contributed by atoms with Gasteiger partial charge in [0, 0.05) is 0 Å². The number of unbranched alkanes of at least 4 members (excludes halogenated alkanes) is 3. The van der Waals surface area contributed by atoms with Crippen LogP contribution in [0, 0.1) is 0 Å². The summed E-state index contributed by atoms with van der Waals surface area (Å²) in [6.45, 7) is 2.46. The number of aromatic nitrogens is 1. The molecule has 1 heterocycles. The number of rotatable bonds is 9. The van der Waals surface area contributed by atoms with E-state index in [0.717, 1.165) is 25.7 Å². The van der Waals surface area contributed by atoms with E-state index in [-0.39, 0.29) is 17.1 Å². The largest absolute Gasteiger partial charge is 0.493 e. The second-order valence-corrected chi connectivity index (χ2v) is 5.65. The van der Waals surface area contributed by atoms with E-state index < -0.39 is 11.9 Å². The predicted molar refractivity (Wildman–Crippen MR) is 96.6 cm³/mol. The molecule has 0 amide bonds. The summed E-state index contributed by atoms with van der Waals surface area (Å²) in [5, 5.41) is 0. The molecule has 1 aromatic heterocycles. The zero-order valence-electron chi connectivity index (χ0n) is 15.1. The third-order valence-electron chi connectivity index (χ3n) is 3.67. The van der Waals surface area contributed by atoms with Gasteiger partial charge in [-0.05, 0) is 30.7 Å². The van der Waals surface area contributed by atoms with Crippen molar-refractivity contribution < 1.29 is 23.8 Å². The zero-order chi connectivity index (χ0) is 18.8. The Balaban J connectivity index is 1.99. The first-order chi connectivity index (χ1) is 12.7. The number of ether oxygens (including phenoxy) is 3. The summed E-state index contributed by atoms with van der Waals surface area (Å²) in [6, 6.07) is 11.4. The molecule has 0 N–H and O–H groups in total. The SMILES string of the molecule is CCCCCCOC(=O)c1cccc(C(=O)Oc2ccccc2OC)n1. The molecule has 0 fully saturated rings. The van der Waals surface area contributed by atoms with Gasteiger partial charge in [-0.25, -0.2) is 14.6 Å². The van der Waals surface area contributed by atoms with Crippen molar-refractivity contribution in [2.45, 2.75) is 32.6 Å². The summed E-state index contributed by atoms with van der Waals surface area (Å²) >= 11 is 0. The smallest absolute Gasteiger partial charge is 0.362 e. The molecule has 0 aliphatic heterocycles. The zero-order valence-corrected chi connectivity index (χ0v) is 15.1. The molecule has 0 aliphatic carbocycles. The molecule has 1 aromatic carbocycles. The number of para-hydroxylation sites is 2. The number of esters is 2. The van der Waals surface area contributed by atoms with Gasteiger partial charge in [-0.15, -0.1) is 0 Å². The first-order valence-electron chi connectivity index (χ1n) is 8.65. The van der Waals surface area contributed by atoms with Crippen molar-refractivity contribution in [1.29, 1.82) is 0 Å². The van der Waals surface area contributed by atoms with Crippen molar-refractivity contribution in [3.63, 3.8) is 0 Å². The van der Waals surface area contributed by atoms with Gasteiger partial charge in [0.25, 0.3) is 0 Å². The van der Waals surface area contributed by atoms with Crippen molar-refractivity contribution in [3.8, 4) is 11.5 Å². The van der Waals surface area contributed by atoms with Gasteiger partial charge in [0.05, 0.1) is 13.7 Å². The quantitative estimate of drug-likeness (QED) is 0.383. The van der Waals surface area contributed by atoms with Gasteiger partial charge in [0.2, 0.25) is 0 Å². The maximum atomic E-state index is 12.3. The standard InChI is InChI=1S/C20H23NO5/c1-3-4-5-8-14-25-19(22)15-10-9-11-16(21-15)20(23)26-18-13-7-6-12-17(18)24-2/h6-7,9-13H,3-5,8,14H2,1-2H3. The minimum absolute atomic E-state index is 0.0244. The topological polar surface area (TPSA) is 74.7 Å². The van der Waals surface area contributed by atoms with Crippen molar-refractivity contribution >= 4 is 11.9 Å². The Kier molecular flexibility index (Phi) is 7.61. The van der Waals surface area contributed by atoms with E-state index in [1.807, 2.05) is 0 Å². The number of nitrogens with zero attached hydrogens (tertiary/aromatic N) is 1. The molecule has 2 aromatic rings. The van der Waals surface area contributed by atoms with Crippen LogP contribution in [0.5, 0.6) is 11.5 Å². The molecule has 6 nitrogen and oxygen atoms in total. The van der Waals surface area contributed by atoms with Crippen LogP contribution >= 0.6 is 0 Å². The summed E-state index contributed by atoms with van der Waals surface area (Å²) in [5.74, 6) is -0.505. The average molecular weight is 357 g/mol. The number of hydrogen-bond acceptors (Lipinski definition) is 6. The molecular weight excluding hydrogens is 334 g/mol. The van der Waals surface area contributed by atoms with Crippen LogP contribution in [0.3, 0.4) is 0 Å². The van der Waals surface area contributed by atoms with E-state index in [2.05, 4.69) is 11.9 Å². The number of benzene rings is 1. The van der Waals surface area contributed by atoms with E-state index in [0.29, 0.717) is 12.4 Å². The summed E-state index contributed by atoms with van der Waals surface area (Å²) in [6.07, 6.45) is 4.06. The molecule has 0 saturated heterocycles. The molecule has 0 aliphatic rings. The predicted octanol–water partition coefficient (Wildman–Crippen LogP) is 4.05. The molecule has 0 spiro atoms. The van der Waals surface area contributed by atoms with Crippen molar-refractivity contribution in [3.05, 3.63) is 53.9 Å². The number of hydrogen-bond donors (Lipinski definition) is 0. The van der Waals surface area contributed by atoms with Gasteiger partial charge in [-0.3, -0.25) is 0 Å². The number of pyridine rings is 1. The van der Waals surface area contributed by atoms with E-state index in [1.165, 1.54) is 19.2 Å². The Bertz CT molecular complexity index is 744. The lowest BCUT2D eigenvalue weighted by atomic mass is 10.2. The van der Waals surface area contributed by atoms with Gasteiger partial charge in [-0.2, -0.15) is 0 Å².